The van der Waals surface area contributed by atoms with Gasteiger partial charge in [0.2, 0.25) is 5.95 Å². The van der Waals surface area contributed by atoms with Gasteiger partial charge in [-0.1, -0.05) is 0 Å². The molecule has 1 atom stereocenters. The minimum Gasteiger partial charge on any atom is -0.368 e. The standard InChI is InChI=1S/C9H14N5O5P/c1-6(19-5-20(15,16)17)18-4-14-3-12-7-2-11-9(10)13-8(7)14/h2-3,6H,4-5H2,1H3,(H2,10,11,13)(H2,15,16,17). The van der Waals surface area contributed by atoms with E-state index in [2.05, 4.69) is 15.0 Å². The van der Waals surface area contributed by atoms with Crippen LogP contribution in [0.2, 0.25) is 0 Å². The Morgan fingerprint density at radius 3 is 2.90 bits per heavy atom. The number of hydrogen-bond acceptors (Lipinski definition) is 7. The maximum atomic E-state index is 10.6. The van der Waals surface area contributed by atoms with Crippen LogP contribution in [0.4, 0.5) is 5.95 Å². The Hall–Kier alpha value is -1.58. The number of hydrogen-bond donors (Lipinski definition) is 3. The van der Waals surface area contributed by atoms with Gasteiger partial charge in [-0.25, -0.2) is 9.97 Å². The molecule has 0 saturated carbocycles. The van der Waals surface area contributed by atoms with E-state index in [1.54, 1.807) is 4.57 Å². The Balaban J connectivity index is 1.95. The number of fused-ring (bicyclic) bond motifs is 1. The van der Waals surface area contributed by atoms with Gasteiger partial charge in [0.25, 0.3) is 0 Å². The molecule has 4 N–H and O–H groups in total. The van der Waals surface area contributed by atoms with E-state index in [4.69, 9.17) is 25.0 Å². The molecule has 0 spiro atoms. The molecular formula is C9H14N5O5P. The largest absolute Gasteiger partial charge is 0.368 e. The monoisotopic (exact) mass is 303 g/mol. The number of nitrogens with two attached hydrogens (primary N) is 1. The highest BCUT2D eigenvalue weighted by molar-refractivity contribution is 7.51. The molecule has 1 unspecified atom stereocenters. The van der Waals surface area contributed by atoms with Gasteiger partial charge < -0.3 is 25.0 Å². The molecule has 0 bridgehead atoms. The molecule has 2 aromatic rings. The fourth-order valence-electron chi connectivity index (χ4n) is 1.40. The average Bonchev–Trinajstić information content (AvgIpc) is 2.75. The van der Waals surface area contributed by atoms with Crippen LogP contribution in [0.1, 0.15) is 6.92 Å². The topological polar surface area (TPSA) is 146 Å². The number of aromatic nitrogens is 4. The van der Waals surface area contributed by atoms with E-state index >= 15 is 0 Å². The lowest BCUT2D eigenvalue weighted by atomic mass is 10.5. The third-order valence-electron chi connectivity index (χ3n) is 2.30. The first-order valence-electron chi connectivity index (χ1n) is 5.56. The lowest BCUT2D eigenvalue weighted by Crippen LogP contribution is -2.16. The molecule has 0 aromatic carbocycles. The molecule has 11 heteroatoms. The van der Waals surface area contributed by atoms with Gasteiger partial charge in [0.1, 0.15) is 12.2 Å². The second-order valence-corrected chi connectivity index (χ2v) is 5.56. The molecule has 0 radical (unpaired) electrons. The van der Waals surface area contributed by atoms with Crippen molar-refractivity contribution in [3.05, 3.63) is 12.5 Å². The van der Waals surface area contributed by atoms with Crippen LogP contribution in [-0.2, 0) is 20.8 Å². The number of nitrogen functional groups attached to an aromatic ring is 1. The minimum absolute atomic E-state index is 0.0509. The van der Waals surface area contributed by atoms with Crippen LogP contribution in [0.25, 0.3) is 11.2 Å². The molecule has 0 saturated heterocycles. The first-order valence-corrected chi connectivity index (χ1v) is 7.36. The molecule has 0 aliphatic heterocycles. The first kappa shape index (κ1) is 14.8. The summed E-state index contributed by atoms with van der Waals surface area (Å²) in [4.78, 5) is 29.2. The van der Waals surface area contributed by atoms with E-state index in [9.17, 15) is 4.57 Å². The molecular weight excluding hydrogens is 289 g/mol. The van der Waals surface area contributed by atoms with Crippen LogP contribution >= 0.6 is 7.60 Å². The lowest BCUT2D eigenvalue weighted by molar-refractivity contribution is -0.141. The van der Waals surface area contributed by atoms with Crippen molar-refractivity contribution in [3.63, 3.8) is 0 Å². The number of ether oxygens (including phenoxy) is 2. The van der Waals surface area contributed by atoms with Gasteiger partial charge in [0, 0.05) is 0 Å². The zero-order chi connectivity index (χ0) is 14.8. The van der Waals surface area contributed by atoms with Crippen molar-refractivity contribution < 1.29 is 23.8 Å². The Bertz CT molecular complexity index is 641. The second-order valence-electron chi connectivity index (χ2n) is 3.98. The summed E-state index contributed by atoms with van der Waals surface area (Å²) in [7, 11) is -4.21. The number of rotatable bonds is 6. The van der Waals surface area contributed by atoms with Crippen LogP contribution < -0.4 is 5.73 Å². The molecule has 2 rings (SSSR count). The molecule has 10 nitrogen and oxygen atoms in total. The lowest BCUT2D eigenvalue weighted by Gasteiger charge is -2.15. The summed E-state index contributed by atoms with van der Waals surface area (Å²) in [6.45, 7) is 1.58. The summed E-state index contributed by atoms with van der Waals surface area (Å²) >= 11 is 0. The van der Waals surface area contributed by atoms with Gasteiger partial charge in [-0.3, -0.25) is 9.13 Å². The van der Waals surface area contributed by atoms with Gasteiger partial charge in [-0.15, -0.1) is 0 Å². The van der Waals surface area contributed by atoms with Crippen molar-refractivity contribution in [2.24, 2.45) is 0 Å². The average molecular weight is 303 g/mol. The molecule has 2 aromatic heterocycles. The maximum absolute atomic E-state index is 10.6. The molecule has 110 valence electrons. The summed E-state index contributed by atoms with van der Waals surface area (Å²) in [5.74, 6) is 0.116. The zero-order valence-corrected chi connectivity index (χ0v) is 11.5. The quantitative estimate of drug-likeness (QED) is 0.491. The Kier molecular flexibility index (Phi) is 4.31. The van der Waals surface area contributed by atoms with Crippen LogP contribution in [-0.4, -0.2) is 41.9 Å². The Morgan fingerprint density at radius 1 is 1.45 bits per heavy atom. The Labute approximate surface area is 113 Å². The van der Waals surface area contributed by atoms with Gasteiger partial charge >= 0.3 is 7.60 Å². The van der Waals surface area contributed by atoms with Gasteiger partial charge in [0.15, 0.2) is 18.3 Å². The Morgan fingerprint density at radius 2 is 2.20 bits per heavy atom. The summed E-state index contributed by atoms with van der Waals surface area (Å²) in [6, 6.07) is 0. The van der Waals surface area contributed by atoms with Crippen molar-refractivity contribution in [2.45, 2.75) is 19.9 Å². The normalized spacial score (nSPS) is 13.8. The van der Waals surface area contributed by atoms with E-state index in [1.807, 2.05) is 0 Å². The van der Waals surface area contributed by atoms with Crippen molar-refractivity contribution in [2.75, 3.05) is 12.1 Å². The van der Waals surface area contributed by atoms with Gasteiger partial charge in [-0.05, 0) is 6.92 Å². The van der Waals surface area contributed by atoms with Crippen molar-refractivity contribution in [1.82, 2.24) is 19.5 Å². The molecule has 0 fully saturated rings. The highest BCUT2D eigenvalue weighted by atomic mass is 31.2. The van der Waals surface area contributed by atoms with Gasteiger partial charge in [-0.2, -0.15) is 4.98 Å². The number of anilines is 1. The fraction of sp³-hybridized carbons (Fsp3) is 0.444. The van der Waals surface area contributed by atoms with Crippen LogP contribution in [0.15, 0.2) is 12.5 Å². The van der Waals surface area contributed by atoms with Crippen LogP contribution in [0.3, 0.4) is 0 Å². The van der Waals surface area contributed by atoms with Crippen LogP contribution in [0, 0.1) is 0 Å². The predicted octanol–water partition coefficient (Wildman–Crippen LogP) is -0.120. The number of imidazole rings is 1. The highest BCUT2D eigenvalue weighted by Gasteiger charge is 2.16. The van der Waals surface area contributed by atoms with Crippen LogP contribution in [0.5, 0.6) is 0 Å². The third kappa shape index (κ3) is 3.95. The van der Waals surface area contributed by atoms with E-state index in [-0.39, 0.29) is 12.7 Å². The summed E-state index contributed by atoms with van der Waals surface area (Å²) in [5, 5.41) is 0. The minimum atomic E-state index is -4.21. The zero-order valence-electron chi connectivity index (χ0n) is 10.6. The first-order chi connectivity index (χ1) is 9.35. The van der Waals surface area contributed by atoms with E-state index in [1.165, 1.54) is 19.4 Å². The van der Waals surface area contributed by atoms with Crippen molar-refractivity contribution >= 4 is 24.7 Å². The molecule has 0 amide bonds. The molecule has 2 heterocycles. The van der Waals surface area contributed by atoms with Crippen molar-refractivity contribution in [1.29, 1.82) is 0 Å². The highest BCUT2D eigenvalue weighted by Crippen LogP contribution is 2.34. The summed E-state index contributed by atoms with van der Waals surface area (Å²) < 4.78 is 22.4. The number of nitrogens with zero attached hydrogens (tertiary/aromatic N) is 4. The molecule has 20 heavy (non-hydrogen) atoms. The fourth-order valence-corrected chi connectivity index (χ4v) is 1.80. The molecule has 0 aliphatic carbocycles. The summed E-state index contributed by atoms with van der Waals surface area (Å²) in [6.07, 6.45) is 1.49. The smallest absolute Gasteiger partial charge is 0.351 e. The van der Waals surface area contributed by atoms with E-state index in [0.29, 0.717) is 11.2 Å². The predicted molar refractivity (Wildman–Crippen MR) is 68.3 cm³/mol. The van der Waals surface area contributed by atoms with Crippen molar-refractivity contribution in [3.8, 4) is 0 Å². The van der Waals surface area contributed by atoms with E-state index < -0.39 is 20.2 Å². The van der Waals surface area contributed by atoms with Gasteiger partial charge in [0.05, 0.1) is 12.5 Å². The summed E-state index contributed by atoms with van der Waals surface area (Å²) in [5.41, 5.74) is 6.55. The third-order valence-corrected chi connectivity index (χ3v) is 2.79. The van der Waals surface area contributed by atoms with E-state index in [0.717, 1.165) is 0 Å². The second kappa shape index (κ2) is 5.81. The molecule has 0 aliphatic rings. The maximum Gasteiger partial charge on any atom is 0.351 e. The SMILES string of the molecule is CC(OCn1cnc2cnc(N)nc21)OCP(=O)(O)O.